The van der Waals surface area contributed by atoms with Crippen molar-refractivity contribution < 1.29 is 5.11 Å². The first-order valence-electron chi connectivity index (χ1n) is 7.65. The van der Waals surface area contributed by atoms with Gasteiger partial charge in [0, 0.05) is 30.6 Å². The molecule has 126 valence electrons. The van der Waals surface area contributed by atoms with Gasteiger partial charge in [-0.3, -0.25) is 15.4 Å². The van der Waals surface area contributed by atoms with Gasteiger partial charge < -0.3 is 5.11 Å². The second kappa shape index (κ2) is 6.34. The molecule has 0 amide bonds. The molecular formula is C15H16Cl2N6O. The molecule has 0 atom stereocenters. The summed E-state index contributed by atoms with van der Waals surface area (Å²) in [6.07, 6.45) is 3.82. The lowest BCUT2D eigenvalue weighted by molar-refractivity contribution is 0.268. The van der Waals surface area contributed by atoms with Gasteiger partial charge in [-0.15, -0.1) is 5.10 Å². The second-order valence-corrected chi connectivity index (χ2v) is 6.52. The molecule has 0 spiro atoms. The molecule has 24 heavy (non-hydrogen) atoms. The number of rotatable bonds is 4. The van der Waals surface area contributed by atoms with Crippen LogP contribution < -0.4 is 10.9 Å². The highest BCUT2D eigenvalue weighted by molar-refractivity contribution is 6.45. The van der Waals surface area contributed by atoms with Crippen LogP contribution >= 0.6 is 23.2 Å². The minimum Gasteiger partial charge on any atom is -0.394 e. The molecule has 0 aliphatic carbocycles. The zero-order valence-electron chi connectivity index (χ0n) is 12.7. The van der Waals surface area contributed by atoms with E-state index in [1.165, 1.54) is 5.56 Å². The van der Waals surface area contributed by atoms with Crippen LogP contribution in [0.4, 0.5) is 0 Å². The number of halogens is 2. The van der Waals surface area contributed by atoms with Crippen LogP contribution in [0, 0.1) is 0 Å². The van der Waals surface area contributed by atoms with Crippen LogP contribution in [-0.2, 0) is 6.54 Å². The van der Waals surface area contributed by atoms with Gasteiger partial charge >= 0.3 is 0 Å². The van der Waals surface area contributed by atoms with Crippen LogP contribution in [0.5, 0.6) is 0 Å². The molecule has 3 aromatic rings. The molecule has 1 saturated heterocycles. The molecule has 9 heteroatoms. The Morgan fingerprint density at radius 3 is 2.75 bits per heavy atom. The standard InChI is InChI=1S/C15H16Cl2N6O/c16-12-2-1-10-11(9-5-18-19-6-9)7-23(15(10)14(12)17)13-8-22(3-4-24)21-20-13/h1-2,7-9,18-19,24H,3-6H2. The number of nitrogens with zero attached hydrogens (tertiary/aromatic N) is 4. The first-order chi connectivity index (χ1) is 11.7. The molecule has 2 aromatic heterocycles. The summed E-state index contributed by atoms with van der Waals surface area (Å²) in [4.78, 5) is 0. The van der Waals surface area contributed by atoms with Crippen molar-refractivity contribution in [1.82, 2.24) is 30.4 Å². The summed E-state index contributed by atoms with van der Waals surface area (Å²) in [6, 6.07) is 3.81. The lowest BCUT2D eigenvalue weighted by Gasteiger charge is -2.06. The largest absolute Gasteiger partial charge is 0.394 e. The summed E-state index contributed by atoms with van der Waals surface area (Å²) < 4.78 is 3.51. The molecule has 7 nitrogen and oxygen atoms in total. The molecule has 3 N–H and O–H groups in total. The summed E-state index contributed by atoms with van der Waals surface area (Å²) in [6.45, 7) is 2.09. The first-order valence-corrected chi connectivity index (χ1v) is 8.40. The number of aromatic nitrogens is 4. The number of benzene rings is 1. The fourth-order valence-electron chi connectivity index (χ4n) is 3.08. The smallest absolute Gasteiger partial charge is 0.179 e. The van der Waals surface area contributed by atoms with Gasteiger partial charge in [0.05, 0.1) is 34.9 Å². The van der Waals surface area contributed by atoms with Crippen LogP contribution in [0.2, 0.25) is 10.0 Å². The molecule has 4 rings (SSSR count). The number of hydrogen-bond acceptors (Lipinski definition) is 5. The van der Waals surface area contributed by atoms with Gasteiger partial charge in [0.25, 0.3) is 0 Å². The average molecular weight is 367 g/mol. The molecule has 0 bridgehead atoms. The maximum Gasteiger partial charge on any atom is 0.179 e. The van der Waals surface area contributed by atoms with Gasteiger partial charge in [0.1, 0.15) is 0 Å². The van der Waals surface area contributed by atoms with E-state index in [2.05, 4.69) is 21.2 Å². The molecule has 0 radical (unpaired) electrons. The monoisotopic (exact) mass is 366 g/mol. The zero-order valence-corrected chi connectivity index (χ0v) is 14.2. The molecule has 1 aromatic carbocycles. The van der Waals surface area contributed by atoms with E-state index >= 15 is 0 Å². The quantitative estimate of drug-likeness (QED) is 0.654. The topological polar surface area (TPSA) is 79.9 Å². The molecule has 0 saturated carbocycles. The maximum absolute atomic E-state index is 9.05. The van der Waals surface area contributed by atoms with E-state index in [4.69, 9.17) is 28.3 Å². The number of aliphatic hydroxyl groups is 1. The first kappa shape index (κ1) is 15.9. The predicted octanol–water partition coefficient (Wildman–Crippen LogP) is 1.71. The van der Waals surface area contributed by atoms with Crippen molar-refractivity contribution in [3.63, 3.8) is 0 Å². The fourth-order valence-corrected chi connectivity index (χ4v) is 3.49. The van der Waals surface area contributed by atoms with Gasteiger partial charge in [0.2, 0.25) is 0 Å². The molecule has 1 aliphatic heterocycles. The molecule has 0 unspecified atom stereocenters. The SMILES string of the molecule is OCCn1cc(-n2cc(C3CNNC3)c3ccc(Cl)c(Cl)c32)nn1. The van der Waals surface area contributed by atoms with Crippen LogP contribution in [-0.4, -0.2) is 44.4 Å². The van der Waals surface area contributed by atoms with Crippen molar-refractivity contribution in [2.75, 3.05) is 19.7 Å². The minimum absolute atomic E-state index is 0.00642. The number of hydrazine groups is 1. The lowest BCUT2D eigenvalue weighted by atomic mass is 10.00. The van der Waals surface area contributed by atoms with E-state index < -0.39 is 0 Å². The highest BCUT2D eigenvalue weighted by Gasteiger charge is 2.24. The van der Waals surface area contributed by atoms with Crippen molar-refractivity contribution >= 4 is 34.1 Å². The van der Waals surface area contributed by atoms with E-state index in [-0.39, 0.29) is 6.61 Å². The Balaban J connectivity index is 1.91. The predicted molar refractivity (Wildman–Crippen MR) is 92.7 cm³/mol. The number of nitrogens with one attached hydrogen (secondary N) is 2. The van der Waals surface area contributed by atoms with Crippen molar-refractivity contribution in [2.45, 2.75) is 12.5 Å². The van der Waals surface area contributed by atoms with E-state index in [1.54, 1.807) is 10.9 Å². The Morgan fingerprint density at radius 1 is 1.21 bits per heavy atom. The number of hydrogen-bond donors (Lipinski definition) is 3. The third-order valence-electron chi connectivity index (χ3n) is 4.25. The Hall–Kier alpha value is -1.64. The van der Waals surface area contributed by atoms with Crippen LogP contribution in [0.3, 0.4) is 0 Å². The minimum atomic E-state index is 0.00642. The van der Waals surface area contributed by atoms with Crippen molar-refractivity contribution in [3.05, 3.63) is 40.1 Å². The fraction of sp³-hybridized carbons (Fsp3) is 0.333. The zero-order chi connectivity index (χ0) is 16.7. The second-order valence-electron chi connectivity index (χ2n) is 5.73. The Bertz CT molecular complexity index is 884. The Morgan fingerprint density at radius 2 is 2.00 bits per heavy atom. The molecule has 1 aliphatic rings. The third-order valence-corrected chi connectivity index (χ3v) is 5.05. The van der Waals surface area contributed by atoms with Crippen LogP contribution in [0.15, 0.2) is 24.5 Å². The van der Waals surface area contributed by atoms with Crippen LogP contribution in [0.25, 0.3) is 16.7 Å². The summed E-state index contributed by atoms with van der Waals surface area (Å²) in [5.41, 5.74) is 8.31. The Labute approximate surface area is 148 Å². The van der Waals surface area contributed by atoms with Crippen molar-refractivity contribution in [3.8, 4) is 5.82 Å². The van der Waals surface area contributed by atoms with E-state index in [9.17, 15) is 0 Å². The highest BCUT2D eigenvalue weighted by atomic mass is 35.5. The number of fused-ring (bicyclic) bond motifs is 1. The molecule has 1 fully saturated rings. The van der Waals surface area contributed by atoms with Crippen molar-refractivity contribution in [1.29, 1.82) is 0 Å². The van der Waals surface area contributed by atoms with Crippen molar-refractivity contribution in [2.24, 2.45) is 0 Å². The lowest BCUT2D eigenvalue weighted by Crippen LogP contribution is -2.21. The van der Waals surface area contributed by atoms with Gasteiger partial charge in [-0.2, -0.15) is 0 Å². The van der Waals surface area contributed by atoms with E-state index in [1.807, 2.05) is 22.9 Å². The van der Waals surface area contributed by atoms with E-state index in [0.29, 0.717) is 28.3 Å². The Kier molecular flexibility index (Phi) is 4.19. The maximum atomic E-state index is 9.05. The van der Waals surface area contributed by atoms with Gasteiger partial charge in [-0.25, -0.2) is 4.68 Å². The summed E-state index contributed by atoms with van der Waals surface area (Å²) in [5, 5.41) is 19.3. The normalized spacial score (nSPS) is 15.6. The number of aliphatic hydroxyl groups excluding tert-OH is 1. The molecular weight excluding hydrogens is 351 g/mol. The average Bonchev–Trinajstić information content (AvgIpc) is 3.29. The summed E-state index contributed by atoms with van der Waals surface area (Å²) in [5.74, 6) is 0.973. The van der Waals surface area contributed by atoms with Gasteiger partial charge in [0.15, 0.2) is 5.82 Å². The van der Waals surface area contributed by atoms with Gasteiger partial charge in [-0.05, 0) is 11.6 Å². The third kappa shape index (κ3) is 2.58. The molecule has 3 heterocycles. The van der Waals surface area contributed by atoms with Gasteiger partial charge in [-0.1, -0.05) is 34.5 Å². The van der Waals surface area contributed by atoms with E-state index in [0.717, 1.165) is 24.0 Å². The summed E-state index contributed by atoms with van der Waals surface area (Å²) in [7, 11) is 0. The van der Waals surface area contributed by atoms with Crippen LogP contribution in [0.1, 0.15) is 11.5 Å². The summed E-state index contributed by atoms with van der Waals surface area (Å²) >= 11 is 12.7. The highest BCUT2D eigenvalue weighted by Crippen LogP contribution is 2.37.